The van der Waals surface area contributed by atoms with Crippen LogP contribution in [0.15, 0.2) is 36.4 Å². The molecule has 1 unspecified atom stereocenters. The molecule has 0 saturated carbocycles. The Morgan fingerprint density at radius 3 is 2.81 bits per heavy atom. The van der Waals surface area contributed by atoms with E-state index in [9.17, 15) is 4.79 Å². The maximum atomic E-state index is 12.1. The summed E-state index contributed by atoms with van der Waals surface area (Å²) < 4.78 is 0. The van der Waals surface area contributed by atoms with Crippen molar-refractivity contribution in [1.29, 1.82) is 0 Å². The van der Waals surface area contributed by atoms with Gasteiger partial charge in [-0.05, 0) is 18.1 Å². The van der Waals surface area contributed by atoms with Crippen LogP contribution < -0.4 is 0 Å². The van der Waals surface area contributed by atoms with Gasteiger partial charge in [-0.3, -0.25) is 4.79 Å². The molecule has 3 heteroatoms. The van der Waals surface area contributed by atoms with E-state index in [-0.39, 0.29) is 5.91 Å². The van der Waals surface area contributed by atoms with Crippen molar-refractivity contribution < 1.29 is 4.79 Å². The lowest BCUT2D eigenvalue weighted by Gasteiger charge is -2.24. The van der Waals surface area contributed by atoms with Gasteiger partial charge in [0, 0.05) is 17.4 Å². The van der Waals surface area contributed by atoms with Crippen molar-refractivity contribution in [1.82, 2.24) is 9.88 Å². The van der Waals surface area contributed by atoms with Crippen LogP contribution in [0.4, 0.5) is 0 Å². The van der Waals surface area contributed by atoms with Crippen LogP contribution >= 0.6 is 0 Å². The molecular weight excluding hydrogens is 260 g/mol. The first-order chi connectivity index (χ1) is 10.2. The Kier molecular flexibility index (Phi) is 3.50. The lowest BCUT2D eigenvalue weighted by Crippen LogP contribution is -2.29. The van der Waals surface area contributed by atoms with Gasteiger partial charge in [-0.1, -0.05) is 45.0 Å². The molecule has 0 fully saturated rings. The molecule has 21 heavy (non-hydrogen) atoms. The summed E-state index contributed by atoms with van der Waals surface area (Å²) in [5.74, 6) is 0.519. The quantitative estimate of drug-likeness (QED) is 0.731. The normalized spacial score (nSPS) is 19.6. The molecule has 0 spiro atoms. The molecule has 0 saturated heterocycles. The van der Waals surface area contributed by atoms with Gasteiger partial charge < -0.3 is 4.90 Å². The predicted molar refractivity (Wildman–Crippen MR) is 85.4 cm³/mol. The largest absolute Gasteiger partial charge is 0.306 e. The van der Waals surface area contributed by atoms with Crippen molar-refractivity contribution >= 4 is 22.5 Å². The third-order valence-electron chi connectivity index (χ3n) is 3.90. The van der Waals surface area contributed by atoms with Crippen LogP contribution in [0.3, 0.4) is 0 Å². The molecule has 0 bridgehead atoms. The zero-order valence-corrected chi connectivity index (χ0v) is 12.8. The van der Waals surface area contributed by atoms with E-state index in [0.717, 1.165) is 27.9 Å². The Morgan fingerprint density at radius 1 is 1.24 bits per heavy atom. The van der Waals surface area contributed by atoms with Crippen molar-refractivity contribution in [3.05, 3.63) is 47.7 Å². The molecule has 0 aliphatic carbocycles. The molecule has 0 N–H and O–H groups in total. The molecule has 2 aliphatic rings. The summed E-state index contributed by atoms with van der Waals surface area (Å²) >= 11 is 0. The number of allylic oxidation sites excluding steroid dienone is 1. The van der Waals surface area contributed by atoms with Crippen LogP contribution in [-0.4, -0.2) is 15.8 Å². The number of para-hydroxylation sites is 1. The zero-order valence-electron chi connectivity index (χ0n) is 12.8. The van der Waals surface area contributed by atoms with E-state index in [2.05, 4.69) is 25.1 Å². The SMILES string of the molecule is CC.CC1C=C2c3nc4ccccc4cc3CN2C(=O)C1. The van der Waals surface area contributed by atoms with Gasteiger partial charge in [-0.15, -0.1) is 0 Å². The second-order valence-electron chi connectivity index (χ2n) is 5.40. The minimum absolute atomic E-state index is 0.215. The maximum Gasteiger partial charge on any atom is 0.227 e. The van der Waals surface area contributed by atoms with E-state index in [1.54, 1.807) is 0 Å². The summed E-state index contributed by atoms with van der Waals surface area (Å²) in [5.41, 5.74) is 4.14. The van der Waals surface area contributed by atoms with Gasteiger partial charge in [-0.2, -0.15) is 0 Å². The van der Waals surface area contributed by atoms with Gasteiger partial charge in [0.1, 0.15) is 0 Å². The second kappa shape index (κ2) is 5.32. The van der Waals surface area contributed by atoms with Gasteiger partial charge in [0.25, 0.3) is 0 Å². The number of amides is 1. The standard InChI is InChI=1S/C16H14N2O.C2H6/c1-10-6-14-16-12(9-18(14)15(19)7-10)8-11-4-2-3-5-13(11)17-16;1-2/h2-6,8,10H,7,9H2,1H3;1-2H3. The number of nitrogens with zero attached hydrogens (tertiary/aromatic N) is 2. The summed E-state index contributed by atoms with van der Waals surface area (Å²) in [7, 11) is 0. The Hall–Kier alpha value is -2.16. The Bertz CT molecular complexity index is 733. The number of rotatable bonds is 0. The van der Waals surface area contributed by atoms with Crippen LogP contribution in [0.25, 0.3) is 16.6 Å². The van der Waals surface area contributed by atoms with Crippen LogP contribution in [-0.2, 0) is 11.3 Å². The van der Waals surface area contributed by atoms with Crippen LogP contribution in [0.1, 0.15) is 38.4 Å². The van der Waals surface area contributed by atoms with Crippen molar-refractivity contribution in [2.75, 3.05) is 0 Å². The van der Waals surface area contributed by atoms with E-state index in [0.29, 0.717) is 18.9 Å². The summed E-state index contributed by atoms with van der Waals surface area (Å²) in [6.07, 6.45) is 2.78. The van der Waals surface area contributed by atoms with E-state index in [4.69, 9.17) is 4.98 Å². The molecule has 0 radical (unpaired) electrons. The highest BCUT2D eigenvalue weighted by molar-refractivity contribution is 5.93. The molecule has 1 amide bonds. The highest BCUT2D eigenvalue weighted by Crippen LogP contribution is 2.37. The Morgan fingerprint density at radius 2 is 2.00 bits per heavy atom. The van der Waals surface area contributed by atoms with Crippen molar-refractivity contribution in [2.24, 2.45) is 5.92 Å². The monoisotopic (exact) mass is 280 g/mol. The van der Waals surface area contributed by atoms with E-state index in [1.807, 2.05) is 36.9 Å². The zero-order chi connectivity index (χ0) is 15.0. The molecule has 4 rings (SSSR count). The van der Waals surface area contributed by atoms with Crippen molar-refractivity contribution in [2.45, 2.75) is 33.7 Å². The summed E-state index contributed by atoms with van der Waals surface area (Å²) in [6.45, 7) is 6.76. The first kappa shape index (κ1) is 13.8. The topological polar surface area (TPSA) is 33.2 Å². The van der Waals surface area contributed by atoms with Gasteiger partial charge in [0.15, 0.2) is 0 Å². The van der Waals surface area contributed by atoms with Crippen LogP contribution in [0, 0.1) is 5.92 Å². The Labute approximate surface area is 125 Å². The molecule has 1 atom stereocenters. The van der Waals surface area contributed by atoms with E-state index < -0.39 is 0 Å². The minimum atomic E-state index is 0.215. The minimum Gasteiger partial charge on any atom is -0.306 e. The number of hydrogen-bond donors (Lipinski definition) is 0. The lowest BCUT2D eigenvalue weighted by molar-refractivity contribution is -0.129. The average Bonchev–Trinajstić information content (AvgIpc) is 2.85. The summed E-state index contributed by atoms with van der Waals surface area (Å²) in [4.78, 5) is 18.7. The molecule has 3 heterocycles. The number of carbonyl (C=O) groups excluding carboxylic acids is 1. The Balaban J connectivity index is 0.000000636. The molecule has 108 valence electrons. The fourth-order valence-corrected chi connectivity index (χ4v) is 2.99. The van der Waals surface area contributed by atoms with Crippen molar-refractivity contribution in [3.8, 4) is 0 Å². The number of aromatic nitrogens is 1. The van der Waals surface area contributed by atoms with Crippen LogP contribution in [0.2, 0.25) is 0 Å². The average molecular weight is 280 g/mol. The smallest absolute Gasteiger partial charge is 0.227 e. The number of hydrogen-bond acceptors (Lipinski definition) is 2. The van der Waals surface area contributed by atoms with Gasteiger partial charge in [0.05, 0.1) is 23.5 Å². The highest BCUT2D eigenvalue weighted by Gasteiger charge is 2.33. The van der Waals surface area contributed by atoms with Gasteiger partial charge >= 0.3 is 0 Å². The number of fused-ring (bicyclic) bond motifs is 4. The molecular formula is C18H20N2O. The van der Waals surface area contributed by atoms with Gasteiger partial charge in [0.2, 0.25) is 5.91 Å². The first-order valence-electron chi connectivity index (χ1n) is 7.63. The number of benzene rings is 1. The summed E-state index contributed by atoms with van der Waals surface area (Å²) in [5, 5.41) is 1.14. The lowest BCUT2D eigenvalue weighted by atomic mass is 10.0. The summed E-state index contributed by atoms with van der Waals surface area (Å²) in [6, 6.07) is 10.3. The molecule has 1 aromatic heterocycles. The third kappa shape index (κ3) is 2.23. The fourth-order valence-electron chi connectivity index (χ4n) is 2.99. The van der Waals surface area contributed by atoms with E-state index in [1.165, 1.54) is 0 Å². The second-order valence-corrected chi connectivity index (χ2v) is 5.40. The van der Waals surface area contributed by atoms with Gasteiger partial charge in [-0.25, -0.2) is 4.98 Å². The maximum absolute atomic E-state index is 12.1. The van der Waals surface area contributed by atoms with E-state index >= 15 is 0 Å². The third-order valence-corrected chi connectivity index (χ3v) is 3.90. The van der Waals surface area contributed by atoms with Crippen LogP contribution in [0.5, 0.6) is 0 Å². The number of pyridine rings is 1. The predicted octanol–water partition coefficient (Wildman–Crippen LogP) is 3.98. The molecule has 2 aromatic rings. The highest BCUT2D eigenvalue weighted by atomic mass is 16.2. The molecule has 1 aromatic carbocycles. The number of carbonyl (C=O) groups is 1. The molecule has 2 aliphatic heterocycles. The van der Waals surface area contributed by atoms with Crippen molar-refractivity contribution in [3.63, 3.8) is 0 Å². The fraction of sp³-hybridized carbons (Fsp3) is 0.333. The first-order valence-corrected chi connectivity index (χ1v) is 7.63. The molecule has 3 nitrogen and oxygen atoms in total.